The van der Waals surface area contributed by atoms with Gasteiger partial charge in [0.15, 0.2) is 0 Å². The Morgan fingerprint density at radius 1 is 1.12 bits per heavy atom. The number of benzene rings is 1. The minimum absolute atomic E-state index is 0.598. The molecule has 0 bridgehead atoms. The molecule has 2 N–H and O–H groups in total. The Bertz CT molecular complexity index is 332. The summed E-state index contributed by atoms with van der Waals surface area (Å²) in [5.74, 6) is 0.598. The zero-order valence-corrected chi connectivity index (χ0v) is 11.6. The van der Waals surface area contributed by atoms with Crippen molar-refractivity contribution in [2.24, 2.45) is 0 Å². The Morgan fingerprint density at radius 3 is 2.47 bits per heavy atom. The fraction of sp³-hybridized carbons (Fsp3) is 0.600. The van der Waals surface area contributed by atoms with Crippen LogP contribution in [0.3, 0.4) is 0 Å². The van der Waals surface area contributed by atoms with Crippen molar-refractivity contribution in [3.8, 4) is 0 Å². The molecule has 2 heteroatoms. The summed E-state index contributed by atoms with van der Waals surface area (Å²) in [6.45, 7) is 8.81. The first-order valence-corrected chi connectivity index (χ1v) is 6.64. The monoisotopic (exact) mass is 234 g/mol. The summed E-state index contributed by atoms with van der Waals surface area (Å²) in [6.07, 6.45) is 2.44. The Balaban J connectivity index is 2.49. The van der Waals surface area contributed by atoms with Gasteiger partial charge >= 0.3 is 0 Å². The molecule has 0 aliphatic rings. The van der Waals surface area contributed by atoms with Crippen LogP contribution in [0.5, 0.6) is 0 Å². The standard InChI is InChI=1S/C15H26N2/c1-12(2)14-8-7-13(3)15(11-14)17-10-6-5-9-16-4/h7-8,11-12,16-17H,5-6,9-10H2,1-4H3. The Labute approximate surface area is 106 Å². The third kappa shape index (κ3) is 4.78. The van der Waals surface area contributed by atoms with Crippen LogP contribution in [0.1, 0.15) is 43.7 Å². The maximum atomic E-state index is 3.54. The van der Waals surface area contributed by atoms with Gasteiger partial charge < -0.3 is 10.6 Å². The summed E-state index contributed by atoms with van der Waals surface area (Å²) in [5, 5.41) is 6.71. The van der Waals surface area contributed by atoms with Crippen LogP contribution in [0.15, 0.2) is 18.2 Å². The predicted molar refractivity (Wildman–Crippen MR) is 76.9 cm³/mol. The maximum absolute atomic E-state index is 3.54. The number of unbranched alkanes of at least 4 members (excludes halogenated alkanes) is 1. The number of rotatable bonds is 7. The molecule has 0 spiro atoms. The molecular weight excluding hydrogens is 208 g/mol. The van der Waals surface area contributed by atoms with Gasteiger partial charge in [-0.1, -0.05) is 26.0 Å². The van der Waals surface area contributed by atoms with Crippen LogP contribution in [0, 0.1) is 6.92 Å². The van der Waals surface area contributed by atoms with Gasteiger partial charge in [-0.3, -0.25) is 0 Å². The lowest BCUT2D eigenvalue weighted by atomic mass is 10.0. The van der Waals surface area contributed by atoms with Crippen molar-refractivity contribution in [2.45, 2.75) is 39.5 Å². The van der Waals surface area contributed by atoms with Crippen LogP contribution < -0.4 is 10.6 Å². The molecule has 96 valence electrons. The van der Waals surface area contributed by atoms with Gasteiger partial charge in [-0.05, 0) is 56.5 Å². The van der Waals surface area contributed by atoms with Crippen molar-refractivity contribution < 1.29 is 0 Å². The average molecular weight is 234 g/mol. The first-order chi connectivity index (χ1) is 8.15. The minimum Gasteiger partial charge on any atom is -0.385 e. The fourth-order valence-corrected chi connectivity index (χ4v) is 1.84. The lowest BCUT2D eigenvalue weighted by molar-refractivity contribution is 0.694. The number of aryl methyl sites for hydroxylation is 1. The van der Waals surface area contributed by atoms with Gasteiger partial charge in [0, 0.05) is 12.2 Å². The number of hydrogen-bond acceptors (Lipinski definition) is 2. The van der Waals surface area contributed by atoms with Gasteiger partial charge in [-0.15, -0.1) is 0 Å². The first-order valence-electron chi connectivity index (χ1n) is 6.64. The number of nitrogens with one attached hydrogen (secondary N) is 2. The molecule has 0 aliphatic heterocycles. The zero-order valence-electron chi connectivity index (χ0n) is 11.6. The lowest BCUT2D eigenvalue weighted by Gasteiger charge is -2.13. The Kier molecular flexibility index (Phi) is 6.06. The van der Waals surface area contributed by atoms with Crippen LogP contribution >= 0.6 is 0 Å². The highest BCUT2D eigenvalue weighted by Crippen LogP contribution is 2.22. The Morgan fingerprint density at radius 2 is 1.82 bits per heavy atom. The van der Waals surface area contributed by atoms with E-state index >= 15 is 0 Å². The normalized spacial score (nSPS) is 10.9. The summed E-state index contributed by atoms with van der Waals surface area (Å²) in [4.78, 5) is 0. The molecule has 2 nitrogen and oxygen atoms in total. The largest absolute Gasteiger partial charge is 0.385 e. The Hall–Kier alpha value is -1.02. The summed E-state index contributed by atoms with van der Waals surface area (Å²) in [6, 6.07) is 6.73. The highest BCUT2D eigenvalue weighted by Gasteiger charge is 2.03. The molecule has 1 aromatic rings. The van der Waals surface area contributed by atoms with E-state index in [1.807, 2.05) is 7.05 Å². The molecule has 0 heterocycles. The number of hydrogen-bond donors (Lipinski definition) is 2. The van der Waals surface area contributed by atoms with E-state index in [-0.39, 0.29) is 0 Å². The molecule has 0 fully saturated rings. The van der Waals surface area contributed by atoms with Crippen LogP contribution in [-0.2, 0) is 0 Å². The van der Waals surface area contributed by atoms with Gasteiger partial charge in [0.25, 0.3) is 0 Å². The van der Waals surface area contributed by atoms with Crippen molar-refractivity contribution in [3.05, 3.63) is 29.3 Å². The molecule has 17 heavy (non-hydrogen) atoms. The molecule has 0 amide bonds. The van der Waals surface area contributed by atoms with Crippen LogP contribution in [0.4, 0.5) is 5.69 Å². The van der Waals surface area contributed by atoms with Crippen molar-refractivity contribution in [1.82, 2.24) is 5.32 Å². The molecule has 0 saturated heterocycles. The molecule has 0 aliphatic carbocycles. The van der Waals surface area contributed by atoms with Crippen LogP contribution in [0.25, 0.3) is 0 Å². The summed E-state index contributed by atoms with van der Waals surface area (Å²) >= 11 is 0. The van der Waals surface area contributed by atoms with Crippen LogP contribution in [0.2, 0.25) is 0 Å². The molecule has 0 saturated carbocycles. The maximum Gasteiger partial charge on any atom is 0.0372 e. The second-order valence-corrected chi connectivity index (χ2v) is 4.97. The van der Waals surface area contributed by atoms with E-state index < -0.39 is 0 Å². The summed E-state index contributed by atoms with van der Waals surface area (Å²) in [7, 11) is 2.00. The van der Waals surface area contributed by atoms with Gasteiger partial charge in [0.2, 0.25) is 0 Å². The summed E-state index contributed by atoms with van der Waals surface area (Å²) < 4.78 is 0. The molecular formula is C15H26N2. The lowest BCUT2D eigenvalue weighted by Crippen LogP contribution is -2.10. The summed E-state index contributed by atoms with van der Waals surface area (Å²) in [5.41, 5.74) is 4.04. The smallest absolute Gasteiger partial charge is 0.0372 e. The molecule has 0 atom stereocenters. The van der Waals surface area contributed by atoms with E-state index in [0.717, 1.165) is 13.1 Å². The second-order valence-electron chi connectivity index (χ2n) is 4.97. The van der Waals surface area contributed by atoms with Crippen molar-refractivity contribution in [3.63, 3.8) is 0 Å². The second kappa shape index (κ2) is 7.33. The molecule has 1 aromatic carbocycles. The SMILES string of the molecule is CNCCCCNc1cc(C(C)C)ccc1C. The van der Waals surface area contributed by atoms with Crippen LogP contribution in [-0.4, -0.2) is 20.1 Å². The fourth-order valence-electron chi connectivity index (χ4n) is 1.84. The number of anilines is 1. The van der Waals surface area contributed by atoms with E-state index in [0.29, 0.717) is 5.92 Å². The minimum atomic E-state index is 0.598. The third-order valence-corrected chi connectivity index (χ3v) is 3.10. The third-order valence-electron chi connectivity index (χ3n) is 3.10. The van der Waals surface area contributed by atoms with E-state index in [4.69, 9.17) is 0 Å². The van der Waals surface area contributed by atoms with E-state index in [2.05, 4.69) is 49.6 Å². The van der Waals surface area contributed by atoms with E-state index in [9.17, 15) is 0 Å². The van der Waals surface area contributed by atoms with Crippen molar-refractivity contribution >= 4 is 5.69 Å². The highest BCUT2D eigenvalue weighted by molar-refractivity contribution is 5.53. The van der Waals surface area contributed by atoms with Crippen molar-refractivity contribution in [1.29, 1.82) is 0 Å². The van der Waals surface area contributed by atoms with Gasteiger partial charge in [-0.25, -0.2) is 0 Å². The zero-order chi connectivity index (χ0) is 12.7. The van der Waals surface area contributed by atoms with Crippen molar-refractivity contribution in [2.75, 3.05) is 25.5 Å². The quantitative estimate of drug-likeness (QED) is 0.705. The topological polar surface area (TPSA) is 24.1 Å². The first kappa shape index (κ1) is 14.0. The van der Waals surface area contributed by atoms with E-state index in [1.165, 1.54) is 29.7 Å². The predicted octanol–water partition coefficient (Wildman–Crippen LogP) is 3.53. The molecule has 1 rings (SSSR count). The van der Waals surface area contributed by atoms with E-state index in [1.54, 1.807) is 0 Å². The molecule has 0 aromatic heterocycles. The van der Waals surface area contributed by atoms with Gasteiger partial charge in [-0.2, -0.15) is 0 Å². The van der Waals surface area contributed by atoms with Gasteiger partial charge in [0.05, 0.1) is 0 Å². The van der Waals surface area contributed by atoms with Gasteiger partial charge in [0.1, 0.15) is 0 Å². The highest BCUT2D eigenvalue weighted by atomic mass is 14.9. The molecule has 0 radical (unpaired) electrons. The average Bonchev–Trinajstić information content (AvgIpc) is 2.30. The molecule has 0 unspecified atom stereocenters.